The van der Waals surface area contributed by atoms with Gasteiger partial charge in [0.15, 0.2) is 6.29 Å². The zero-order chi connectivity index (χ0) is 20.8. The predicted octanol–water partition coefficient (Wildman–Crippen LogP) is 0.308. The number of rotatable bonds is 6. The highest BCUT2D eigenvalue weighted by Crippen LogP contribution is 2.22. The fraction of sp³-hybridized carbons (Fsp3) is 0.333. The molecular formula is C21H24N2O6. The molecule has 29 heavy (non-hydrogen) atoms. The minimum absolute atomic E-state index is 0.0365. The molecule has 1 aliphatic heterocycles. The number of aliphatic hydroxyl groups is 2. The molecule has 0 saturated carbocycles. The van der Waals surface area contributed by atoms with Crippen LogP contribution in [0.5, 0.6) is 0 Å². The Kier molecular flexibility index (Phi) is 6.95. The normalized spacial score (nSPS) is 26.5. The van der Waals surface area contributed by atoms with E-state index in [2.05, 4.69) is 10.6 Å². The average molecular weight is 400 g/mol. The molecule has 1 aliphatic rings. The molecule has 8 nitrogen and oxygen atoms in total. The van der Waals surface area contributed by atoms with Crippen LogP contribution in [0.15, 0.2) is 60.7 Å². The molecule has 2 amide bonds. The third-order valence-corrected chi connectivity index (χ3v) is 4.80. The summed E-state index contributed by atoms with van der Waals surface area (Å²) in [6.45, 7) is -0.0365. The van der Waals surface area contributed by atoms with Gasteiger partial charge in [-0.3, -0.25) is 9.59 Å². The predicted molar refractivity (Wildman–Crippen MR) is 104 cm³/mol. The molecule has 1 fully saturated rings. The number of hydrogen-bond donors (Lipinski definition) is 4. The van der Waals surface area contributed by atoms with Gasteiger partial charge >= 0.3 is 0 Å². The number of benzene rings is 2. The first-order valence-electron chi connectivity index (χ1n) is 9.25. The van der Waals surface area contributed by atoms with Crippen LogP contribution in [0, 0.1) is 0 Å². The monoisotopic (exact) mass is 400 g/mol. The first-order chi connectivity index (χ1) is 14.0. The van der Waals surface area contributed by atoms with Crippen LogP contribution in [0.2, 0.25) is 0 Å². The van der Waals surface area contributed by atoms with E-state index in [4.69, 9.17) is 9.47 Å². The summed E-state index contributed by atoms with van der Waals surface area (Å²) in [6, 6.07) is 16.1. The minimum atomic E-state index is -1.42. The van der Waals surface area contributed by atoms with Crippen LogP contribution >= 0.6 is 0 Å². The van der Waals surface area contributed by atoms with Crippen LogP contribution in [0.4, 0.5) is 0 Å². The van der Waals surface area contributed by atoms with Crippen molar-refractivity contribution in [3.63, 3.8) is 0 Å². The number of ether oxygens (including phenoxy) is 2. The number of methoxy groups -OCH3 is 1. The van der Waals surface area contributed by atoms with Crippen LogP contribution < -0.4 is 10.6 Å². The van der Waals surface area contributed by atoms with Crippen LogP contribution in [0.1, 0.15) is 20.7 Å². The van der Waals surface area contributed by atoms with E-state index < -0.39 is 36.6 Å². The first-order valence-corrected chi connectivity index (χ1v) is 9.25. The van der Waals surface area contributed by atoms with Crippen molar-refractivity contribution in [1.29, 1.82) is 0 Å². The first kappa shape index (κ1) is 20.9. The summed E-state index contributed by atoms with van der Waals surface area (Å²) >= 11 is 0. The summed E-state index contributed by atoms with van der Waals surface area (Å²) in [5.41, 5.74) is 0.871. The zero-order valence-electron chi connectivity index (χ0n) is 15.9. The van der Waals surface area contributed by atoms with E-state index in [1.807, 2.05) is 0 Å². The molecule has 0 aliphatic carbocycles. The van der Waals surface area contributed by atoms with Gasteiger partial charge in [-0.25, -0.2) is 0 Å². The second kappa shape index (κ2) is 9.62. The van der Waals surface area contributed by atoms with Crippen molar-refractivity contribution in [3.05, 3.63) is 71.8 Å². The van der Waals surface area contributed by atoms with Gasteiger partial charge in [0.05, 0.1) is 0 Å². The molecule has 0 radical (unpaired) electrons. The quantitative estimate of drug-likeness (QED) is 0.554. The number of carbonyl (C=O) groups is 2. The van der Waals surface area contributed by atoms with Gasteiger partial charge in [0.2, 0.25) is 0 Å². The number of nitrogens with one attached hydrogen (secondary N) is 2. The molecular weight excluding hydrogens is 376 g/mol. The molecule has 4 N–H and O–H groups in total. The number of carbonyl (C=O) groups excluding carboxylic acids is 2. The Morgan fingerprint density at radius 1 is 0.966 bits per heavy atom. The van der Waals surface area contributed by atoms with Crippen molar-refractivity contribution < 1.29 is 29.3 Å². The van der Waals surface area contributed by atoms with Gasteiger partial charge < -0.3 is 30.3 Å². The van der Waals surface area contributed by atoms with E-state index in [0.29, 0.717) is 11.1 Å². The highest BCUT2D eigenvalue weighted by atomic mass is 16.6. The Hall–Kier alpha value is -2.78. The Morgan fingerprint density at radius 2 is 1.52 bits per heavy atom. The summed E-state index contributed by atoms with van der Waals surface area (Å²) in [5.74, 6) is -0.757. The van der Waals surface area contributed by atoms with Crippen LogP contribution in [-0.4, -0.2) is 66.3 Å². The molecule has 2 aromatic carbocycles. The second-order valence-electron chi connectivity index (χ2n) is 6.70. The number of hydrogen-bond acceptors (Lipinski definition) is 6. The van der Waals surface area contributed by atoms with Crippen molar-refractivity contribution in [2.75, 3.05) is 13.7 Å². The molecule has 5 atom stereocenters. The van der Waals surface area contributed by atoms with Crippen molar-refractivity contribution in [2.24, 2.45) is 0 Å². The second-order valence-corrected chi connectivity index (χ2v) is 6.70. The Labute approximate surface area is 168 Å². The lowest BCUT2D eigenvalue weighted by atomic mass is 9.96. The summed E-state index contributed by atoms with van der Waals surface area (Å²) in [5, 5.41) is 26.3. The fourth-order valence-corrected chi connectivity index (χ4v) is 3.25. The van der Waals surface area contributed by atoms with E-state index in [-0.39, 0.29) is 12.5 Å². The molecule has 0 aromatic heterocycles. The fourth-order valence-electron chi connectivity index (χ4n) is 3.25. The van der Waals surface area contributed by atoms with Crippen molar-refractivity contribution in [1.82, 2.24) is 10.6 Å². The number of aliphatic hydroxyl groups excluding tert-OH is 2. The third kappa shape index (κ3) is 4.99. The lowest BCUT2D eigenvalue weighted by Gasteiger charge is -2.42. The summed E-state index contributed by atoms with van der Waals surface area (Å²) in [4.78, 5) is 24.6. The maximum Gasteiger partial charge on any atom is 0.251 e. The van der Waals surface area contributed by atoms with E-state index >= 15 is 0 Å². The Bertz CT molecular complexity index is 816. The highest BCUT2D eigenvalue weighted by Gasteiger charge is 2.45. The van der Waals surface area contributed by atoms with Crippen LogP contribution in [-0.2, 0) is 9.47 Å². The van der Waals surface area contributed by atoms with Crippen molar-refractivity contribution in [2.45, 2.75) is 30.6 Å². The van der Waals surface area contributed by atoms with E-state index in [1.165, 1.54) is 7.11 Å². The zero-order valence-corrected chi connectivity index (χ0v) is 15.9. The summed E-state index contributed by atoms with van der Waals surface area (Å²) in [6.07, 6.45) is -4.44. The number of amides is 2. The molecule has 8 heteroatoms. The van der Waals surface area contributed by atoms with Crippen molar-refractivity contribution >= 4 is 11.8 Å². The SMILES string of the molecule is CO[C@H]1[C@H](O)[C@@H](CNC(=O)c2ccccc2)O[C@@H](O)[C@@H]1NC(=O)c1ccccc1. The highest BCUT2D eigenvalue weighted by molar-refractivity contribution is 5.94. The summed E-state index contributed by atoms with van der Waals surface area (Å²) in [7, 11) is 1.37. The molecule has 3 rings (SSSR count). The maximum absolute atomic E-state index is 12.4. The standard InChI is InChI=1S/C21H24N2O6/c1-28-18-16(23-20(26)14-10-6-3-7-11-14)21(27)29-15(17(18)24)12-22-19(25)13-8-4-2-5-9-13/h2-11,15-18,21,24,27H,12H2,1H3,(H,22,25)(H,23,26)/t15-,16-,17-,18-,21-/m1/s1. The molecule has 0 spiro atoms. The average Bonchev–Trinajstić information content (AvgIpc) is 2.76. The largest absolute Gasteiger partial charge is 0.388 e. The third-order valence-electron chi connectivity index (χ3n) is 4.80. The van der Waals surface area contributed by atoms with Gasteiger partial charge in [0.25, 0.3) is 11.8 Å². The van der Waals surface area contributed by atoms with E-state index in [0.717, 1.165) is 0 Å². The molecule has 0 unspecified atom stereocenters. The van der Waals surface area contributed by atoms with E-state index in [1.54, 1.807) is 60.7 Å². The van der Waals surface area contributed by atoms with Crippen LogP contribution in [0.3, 0.4) is 0 Å². The smallest absolute Gasteiger partial charge is 0.251 e. The van der Waals surface area contributed by atoms with Crippen LogP contribution in [0.25, 0.3) is 0 Å². The van der Waals surface area contributed by atoms with Gasteiger partial charge in [-0.2, -0.15) is 0 Å². The Balaban J connectivity index is 1.63. The minimum Gasteiger partial charge on any atom is -0.388 e. The van der Waals surface area contributed by atoms with Gasteiger partial charge in [0.1, 0.15) is 24.4 Å². The topological polar surface area (TPSA) is 117 Å². The van der Waals surface area contributed by atoms with E-state index in [9.17, 15) is 19.8 Å². The molecule has 1 heterocycles. The maximum atomic E-state index is 12.4. The lowest BCUT2D eigenvalue weighted by Crippen LogP contribution is -2.65. The molecule has 0 bridgehead atoms. The van der Waals surface area contributed by atoms with Gasteiger partial charge in [-0.1, -0.05) is 36.4 Å². The van der Waals surface area contributed by atoms with Gasteiger partial charge in [-0.15, -0.1) is 0 Å². The molecule has 1 saturated heterocycles. The van der Waals surface area contributed by atoms with Crippen molar-refractivity contribution in [3.8, 4) is 0 Å². The summed E-state index contributed by atoms with van der Waals surface area (Å²) < 4.78 is 10.8. The lowest BCUT2D eigenvalue weighted by molar-refractivity contribution is -0.248. The Morgan fingerprint density at radius 3 is 2.07 bits per heavy atom. The van der Waals surface area contributed by atoms with Gasteiger partial charge in [-0.05, 0) is 24.3 Å². The molecule has 154 valence electrons. The molecule has 2 aromatic rings. The van der Waals surface area contributed by atoms with Gasteiger partial charge in [0, 0.05) is 24.8 Å².